The van der Waals surface area contributed by atoms with Crippen LogP contribution in [0.4, 0.5) is 0 Å². The van der Waals surface area contributed by atoms with Crippen molar-refractivity contribution in [3.8, 4) is 0 Å². The average molecular weight is 430 g/mol. The van der Waals surface area contributed by atoms with Crippen molar-refractivity contribution >= 4 is 34.4 Å². The summed E-state index contributed by atoms with van der Waals surface area (Å²) in [7, 11) is 1.79. The van der Waals surface area contributed by atoms with Crippen molar-refractivity contribution in [1.82, 2.24) is 20.5 Å². The summed E-state index contributed by atoms with van der Waals surface area (Å²) in [5.41, 5.74) is 2.34. The Bertz CT molecular complexity index is 902. The number of nitrogens with zero attached hydrogens (tertiary/aromatic N) is 2. The van der Waals surface area contributed by atoms with Gasteiger partial charge in [0.2, 0.25) is 5.91 Å². The zero-order chi connectivity index (χ0) is 20.9. The number of guanidine groups is 1. The van der Waals surface area contributed by atoms with E-state index in [-0.39, 0.29) is 12.0 Å². The smallest absolute Gasteiger partial charge is 0.225 e. The second-order valence-electron chi connectivity index (χ2n) is 8.50. The number of aromatic nitrogens is 1. The van der Waals surface area contributed by atoms with E-state index in [4.69, 9.17) is 11.6 Å². The van der Waals surface area contributed by atoms with E-state index in [1.54, 1.807) is 7.05 Å². The van der Waals surface area contributed by atoms with E-state index >= 15 is 0 Å². The number of H-pyrrole nitrogens is 1. The van der Waals surface area contributed by atoms with Crippen LogP contribution < -0.4 is 10.6 Å². The molecular weight excluding hydrogens is 398 g/mol. The second kappa shape index (κ2) is 9.73. The van der Waals surface area contributed by atoms with Crippen molar-refractivity contribution in [1.29, 1.82) is 0 Å². The van der Waals surface area contributed by atoms with E-state index in [2.05, 4.69) is 25.5 Å². The highest BCUT2D eigenvalue weighted by molar-refractivity contribution is 6.31. The van der Waals surface area contributed by atoms with E-state index in [0.29, 0.717) is 5.91 Å². The number of halogens is 1. The second-order valence-corrected chi connectivity index (χ2v) is 8.94. The molecular formula is C23H32ClN5O. The van der Waals surface area contributed by atoms with E-state index in [1.165, 1.54) is 30.2 Å². The van der Waals surface area contributed by atoms with Gasteiger partial charge in [0, 0.05) is 60.8 Å². The van der Waals surface area contributed by atoms with Gasteiger partial charge in [-0.25, -0.2) is 0 Å². The molecule has 2 aliphatic rings. The van der Waals surface area contributed by atoms with Crippen LogP contribution in [0.25, 0.3) is 10.9 Å². The molecule has 1 saturated carbocycles. The number of benzene rings is 1. The highest BCUT2D eigenvalue weighted by Crippen LogP contribution is 2.27. The van der Waals surface area contributed by atoms with Gasteiger partial charge in [-0.15, -0.1) is 0 Å². The Morgan fingerprint density at radius 1 is 1.27 bits per heavy atom. The third kappa shape index (κ3) is 4.91. The third-order valence-corrected chi connectivity index (χ3v) is 6.67. The Balaban J connectivity index is 1.25. The van der Waals surface area contributed by atoms with Crippen LogP contribution in [0.15, 0.2) is 29.4 Å². The molecule has 0 spiro atoms. The van der Waals surface area contributed by atoms with Crippen molar-refractivity contribution < 1.29 is 4.79 Å². The molecule has 1 atom stereocenters. The van der Waals surface area contributed by atoms with Crippen molar-refractivity contribution in [2.24, 2.45) is 10.9 Å². The van der Waals surface area contributed by atoms with Gasteiger partial charge in [-0.2, -0.15) is 0 Å². The SMILES string of the molecule is CN=C(NCCc1c[nH]c2ccc(Cl)cc12)NC1CCN(C(=O)C2CCCCC2)C1. The van der Waals surface area contributed by atoms with Gasteiger partial charge in [-0.05, 0) is 49.4 Å². The van der Waals surface area contributed by atoms with Gasteiger partial charge < -0.3 is 20.5 Å². The quantitative estimate of drug-likeness (QED) is 0.501. The molecule has 2 heterocycles. The molecule has 162 valence electrons. The van der Waals surface area contributed by atoms with Gasteiger partial charge >= 0.3 is 0 Å². The maximum atomic E-state index is 12.8. The molecule has 1 aromatic carbocycles. The Morgan fingerprint density at radius 2 is 2.10 bits per heavy atom. The molecule has 1 aliphatic heterocycles. The lowest BCUT2D eigenvalue weighted by atomic mass is 9.88. The minimum atomic E-state index is 0.250. The van der Waals surface area contributed by atoms with Crippen molar-refractivity contribution in [3.63, 3.8) is 0 Å². The number of nitrogens with one attached hydrogen (secondary N) is 3. The molecule has 0 bridgehead atoms. The lowest BCUT2D eigenvalue weighted by Crippen LogP contribution is -2.46. The first-order valence-electron chi connectivity index (χ1n) is 11.2. The largest absolute Gasteiger partial charge is 0.361 e. The molecule has 3 N–H and O–H groups in total. The summed E-state index contributed by atoms with van der Waals surface area (Å²) >= 11 is 6.15. The van der Waals surface area contributed by atoms with Gasteiger partial charge in [0.1, 0.15) is 0 Å². The van der Waals surface area contributed by atoms with Gasteiger partial charge in [0.15, 0.2) is 5.96 Å². The van der Waals surface area contributed by atoms with E-state index in [0.717, 1.165) is 61.8 Å². The maximum absolute atomic E-state index is 12.8. The first-order valence-corrected chi connectivity index (χ1v) is 11.5. The van der Waals surface area contributed by atoms with Crippen LogP contribution in [-0.4, -0.2) is 54.5 Å². The number of rotatable bonds is 5. The Morgan fingerprint density at radius 3 is 2.90 bits per heavy atom. The standard InChI is InChI=1S/C23H32ClN5O/c1-25-23(26-11-9-17-14-27-21-8-7-18(24)13-20(17)21)28-19-10-12-29(15-19)22(30)16-5-3-2-4-6-16/h7-8,13-14,16,19,27H,2-6,9-12,15H2,1H3,(H2,25,26,28). The fraction of sp³-hybridized carbons (Fsp3) is 0.565. The van der Waals surface area contributed by atoms with Crippen LogP contribution in [-0.2, 0) is 11.2 Å². The molecule has 7 heteroatoms. The summed E-state index contributed by atoms with van der Waals surface area (Å²) in [6.07, 6.45) is 9.70. The van der Waals surface area contributed by atoms with E-state index in [1.807, 2.05) is 24.4 Å². The molecule has 1 aliphatic carbocycles. The lowest BCUT2D eigenvalue weighted by Gasteiger charge is -2.26. The monoisotopic (exact) mass is 429 g/mol. The fourth-order valence-corrected chi connectivity index (χ4v) is 4.92. The molecule has 1 amide bonds. The molecule has 30 heavy (non-hydrogen) atoms. The van der Waals surface area contributed by atoms with E-state index in [9.17, 15) is 4.79 Å². The summed E-state index contributed by atoms with van der Waals surface area (Å²) in [6, 6.07) is 6.18. The third-order valence-electron chi connectivity index (χ3n) is 6.44. The number of hydrogen-bond acceptors (Lipinski definition) is 2. The number of aromatic amines is 1. The predicted octanol–water partition coefficient (Wildman–Crippen LogP) is 3.71. The number of fused-ring (bicyclic) bond motifs is 1. The number of carbonyl (C=O) groups is 1. The van der Waals surface area contributed by atoms with E-state index < -0.39 is 0 Å². The molecule has 1 saturated heterocycles. The Hall–Kier alpha value is -2.21. The zero-order valence-electron chi connectivity index (χ0n) is 17.7. The first kappa shape index (κ1) is 21.0. The minimum absolute atomic E-state index is 0.250. The zero-order valence-corrected chi connectivity index (χ0v) is 18.5. The summed E-state index contributed by atoms with van der Waals surface area (Å²) < 4.78 is 0. The Labute approximate surface area is 183 Å². The number of hydrogen-bond donors (Lipinski definition) is 3. The minimum Gasteiger partial charge on any atom is -0.361 e. The van der Waals surface area contributed by atoms with Crippen LogP contribution in [0.5, 0.6) is 0 Å². The van der Waals surface area contributed by atoms with Gasteiger partial charge in [0.05, 0.1) is 0 Å². The molecule has 4 rings (SSSR count). The number of amides is 1. The van der Waals surface area contributed by atoms with Crippen LogP contribution in [0.3, 0.4) is 0 Å². The van der Waals surface area contributed by atoms with Crippen molar-refractivity contribution in [2.75, 3.05) is 26.7 Å². The topological polar surface area (TPSA) is 72.5 Å². The molecule has 1 unspecified atom stereocenters. The first-order chi connectivity index (χ1) is 14.6. The summed E-state index contributed by atoms with van der Waals surface area (Å²) in [5, 5.41) is 8.82. The number of carbonyl (C=O) groups excluding carboxylic acids is 1. The normalized spacial score (nSPS) is 20.7. The maximum Gasteiger partial charge on any atom is 0.225 e. The highest BCUT2D eigenvalue weighted by atomic mass is 35.5. The van der Waals surface area contributed by atoms with Gasteiger partial charge in [-0.3, -0.25) is 9.79 Å². The summed E-state index contributed by atoms with van der Waals surface area (Å²) in [4.78, 5) is 22.5. The summed E-state index contributed by atoms with van der Waals surface area (Å²) in [6.45, 7) is 2.40. The van der Waals surface area contributed by atoms with Crippen LogP contribution in [0.1, 0.15) is 44.1 Å². The molecule has 6 nitrogen and oxygen atoms in total. The predicted molar refractivity (Wildman–Crippen MR) is 123 cm³/mol. The van der Waals surface area contributed by atoms with Crippen molar-refractivity contribution in [3.05, 3.63) is 35.0 Å². The lowest BCUT2D eigenvalue weighted by molar-refractivity contribution is -0.135. The van der Waals surface area contributed by atoms with Gasteiger partial charge in [-0.1, -0.05) is 30.9 Å². The summed E-state index contributed by atoms with van der Waals surface area (Å²) in [5.74, 6) is 1.41. The molecule has 1 aromatic heterocycles. The fourth-order valence-electron chi connectivity index (χ4n) is 4.75. The van der Waals surface area contributed by atoms with Crippen molar-refractivity contribution in [2.45, 2.75) is 51.0 Å². The highest BCUT2D eigenvalue weighted by Gasteiger charge is 2.31. The molecule has 0 radical (unpaired) electrons. The van der Waals surface area contributed by atoms with Crippen LogP contribution in [0.2, 0.25) is 5.02 Å². The average Bonchev–Trinajstić information content (AvgIpc) is 3.40. The molecule has 2 fully saturated rings. The van der Waals surface area contributed by atoms with Crippen LogP contribution in [0, 0.1) is 5.92 Å². The number of likely N-dealkylation sites (tertiary alicyclic amines) is 1. The molecule has 2 aromatic rings. The van der Waals surface area contributed by atoms with Crippen LogP contribution >= 0.6 is 11.6 Å². The Kier molecular flexibility index (Phi) is 6.82. The van der Waals surface area contributed by atoms with Gasteiger partial charge in [0.25, 0.3) is 0 Å². The number of aliphatic imine (C=N–C) groups is 1.